The monoisotopic (exact) mass is 334 g/mol. The molecule has 1 aliphatic carbocycles. The zero-order valence-corrected chi connectivity index (χ0v) is 16.8. The summed E-state index contributed by atoms with van der Waals surface area (Å²) >= 11 is 0. The van der Waals surface area contributed by atoms with E-state index in [0.717, 1.165) is 18.6 Å². The Balaban J connectivity index is 2.33. The van der Waals surface area contributed by atoms with Crippen molar-refractivity contribution in [1.29, 1.82) is 0 Å². The maximum absolute atomic E-state index is 9.48. The first-order chi connectivity index (χ1) is 10.6. The molecular formula is C20H34O2Si. The van der Waals surface area contributed by atoms with E-state index in [2.05, 4.69) is 59.0 Å². The zero-order valence-electron chi connectivity index (χ0n) is 15.8. The highest BCUT2D eigenvalue weighted by atomic mass is 28.4. The van der Waals surface area contributed by atoms with Crippen LogP contribution >= 0.6 is 0 Å². The Morgan fingerprint density at radius 1 is 1.22 bits per heavy atom. The van der Waals surface area contributed by atoms with E-state index in [4.69, 9.17) is 4.43 Å². The summed E-state index contributed by atoms with van der Waals surface area (Å²) in [6.07, 6.45) is 5.62. The predicted molar refractivity (Wildman–Crippen MR) is 101 cm³/mol. The maximum Gasteiger partial charge on any atom is 0.250 e. The predicted octanol–water partition coefficient (Wildman–Crippen LogP) is 5.44. The van der Waals surface area contributed by atoms with Crippen molar-refractivity contribution in [3.8, 4) is 5.75 Å². The van der Waals surface area contributed by atoms with Gasteiger partial charge in [-0.3, -0.25) is 0 Å². The molecule has 2 rings (SSSR count). The molecule has 0 bridgehead atoms. The van der Waals surface area contributed by atoms with Crippen LogP contribution in [-0.4, -0.2) is 20.0 Å². The van der Waals surface area contributed by atoms with Crippen LogP contribution in [0.2, 0.25) is 18.1 Å². The molecule has 0 fully saturated rings. The highest BCUT2D eigenvalue weighted by Gasteiger charge is 2.39. The summed E-state index contributed by atoms with van der Waals surface area (Å²) in [7, 11) is -1.79. The van der Waals surface area contributed by atoms with Gasteiger partial charge >= 0.3 is 0 Å². The first kappa shape index (κ1) is 18.5. The van der Waals surface area contributed by atoms with Crippen LogP contribution in [0.25, 0.3) is 0 Å². The molecule has 0 saturated carbocycles. The Labute approximate surface area is 143 Å². The van der Waals surface area contributed by atoms with Gasteiger partial charge in [0.15, 0.2) is 0 Å². The topological polar surface area (TPSA) is 29.5 Å². The van der Waals surface area contributed by atoms with Crippen molar-refractivity contribution in [3.05, 3.63) is 29.3 Å². The molecule has 2 nitrogen and oxygen atoms in total. The third kappa shape index (κ3) is 4.00. The fraction of sp³-hybridized carbons (Fsp3) is 0.700. The van der Waals surface area contributed by atoms with Crippen molar-refractivity contribution < 1.29 is 9.53 Å². The number of benzene rings is 1. The standard InChI is InChI=1S/C20H34O2Si/c1-19(2,3)23(5,6)22-17-10-11-18-16(15-17)9-7-8-12-20(18,4)13-14-21/h10-11,15,21H,7-9,12-14H2,1-6H3. The second-order valence-electron chi connectivity index (χ2n) is 8.92. The van der Waals surface area contributed by atoms with E-state index in [-0.39, 0.29) is 17.1 Å². The van der Waals surface area contributed by atoms with E-state index >= 15 is 0 Å². The fourth-order valence-electron chi connectivity index (χ4n) is 3.35. The lowest BCUT2D eigenvalue weighted by atomic mass is 9.75. The van der Waals surface area contributed by atoms with E-state index in [1.165, 1.54) is 30.4 Å². The smallest absolute Gasteiger partial charge is 0.250 e. The summed E-state index contributed by atoms with van der Waals surface area (Å²) in [5.74, 6) is 1.03. The Kier molecular flexibility index (Phi) is 5.32. The molecule has 1 aliphatic rings. The minimum Gasteiger partial charge on any atom is -0.543 e. The molecule has 1 aromatic rings. The van der Waals surface area contributed by atoms with Gasteiger partial charge in [-0.25, -0.2) is 0 Å². The van der Waals surface area contributed by atoms with Gasteiger partial charge in [-0.1, -0.05) is 40.2 Å². The maximum atomic E-state index is 9.48. The largest absolute Gasteiger partial charge is 0.543 e. The van der Waals surface area contributed by atoms with Crippen LogP contribution in [0.15, 0.2) is 18.2 Å². The molecule has 1 atom stereocenters. The van der Waals surface area contributed by atoms with Crippen LogP contribution in [0.5, 0.6) is 5.75 Å². The number of aryl methyl sites for hydroxylation is 1. The van der Waals surface area contributed by atoms with Gasteiger partial charge in [-0.15, -0.1) is 0 Å². The molecule has 23 heavy (non-hydrogen) atoms. The van der Waals surface area contributed by atoms with E-state index in [1.807, 2.05) is 0 Å². The molecular weight excluding hydrogens is 300 g/mol. The highest BCUT2D eigenvalue weighted by molar-refractivity contribution is 6.74. The van der Waals surface area contributed by atoms with Gasteiger partial charge in [0.05, 0.1) is 0 Å². The average Bonchev–Trinajstić information content (AvgIpc) is 2.57. The zero-order chi connectivity index (χ0) is 17.3. The number of fused-ring (bicyclic) bond motifs is 1. The number of hydrogen-bond donors (Lipinski definition) is 1. The van der Waals surface area contributed by atoms with Crippen molar-refractivity contribution in [1.82, 2.24) is 0 Å². The highest BCUT2D eigenvalue weighted by Crippen LogP contribution is 2.41. The molecule has 0 spiro atoms. The molecule has 1 unspecified atom stereocenters. The number of aliphatic hydroxyl groups is 1. The lowest BCUT2D eigenvalue weighted by Gasteiger charge is -2.37. The Morgan fingerprint density at radius 3 is 2.52 bits per heavy atom. The van der Waals surface area contributed by atoms with Gasteiger partial charge in [0.2, 0.25) is 8.32 Å². The van der Waals surface area contributed by atoms with E-state index in [0.29, 0.717) is 0 Å². The molecule has 130 valence electrons. The number of aliphatic hydroxyl groups excluding tert-OH is 1. The van der Waals surface area contributed by atoms with Crippen molar-refractivity contribution in [3.63, 3.8) is 0 Å². The second kappa shape index (κ2) is 6.60. The van der Waals surface area contributed by atoms with Crippen LogP contribution in [0.3, 0.4) is 0 Å². The van der Waals surface area contributed by atoms with Crippen molar-refractivity contribution in [2.75, 3.05) is 6.61 Å². The summed E-state index contributed by atoms with van der Waals surface area (Å²) < 4.78 is 6.49. The molecule has 3 heteroatoms. The summed E-state index contributed by atoms with van der Waals surface area (Å²) in [5, 5.41) is 9.69. The van der Waals surface area contributed by atoms with Gasteiger partial charge < -0.3 is 9.53 Å². The molecule has 0 aliphatic heterocycles. The molecule has 0 amide bonds. The average molecular weight is 335 g/mol. The summed E-state index contributed by atoms with van der Waals surface area (Å²) in [4.78, 5) is 0. The molecule has 0 saturated heterocycles. The SMILES string of the molecule is CC1(CCO)CCCCc2cc(O[Si](C)(C)C(C)(C)C)ccc21. The van der Waals surface area contributed by atoms with Gasteiger partial charge in [0.25, 0.3) is 0 Å². The van der Waals surface area contributed by atoms with Crippen LogP contribution < -0.4 is 4.43 Å². The fourth-order valence-corrected chi connectivity index (χ4v) is 4.37. The van der Waals surface area contributed by atoms with E-state index < -0.39 is 8.32 Å². The lowest BCUT2D eigenvalue weighted by molar-refractivity contribution is 0.237. The summed E-state index contributed by atoms with van der Waals surface area (Å²) in [6, 6.07) is 6.69. The minimum atomic E-state index is -1.79. The molecule has 0 aromatic heterocycles. The van der Waals surface area contributed by atoms with Crippen LogP contribution in [-0.2, 0) is 11.8 Å². The van der Waals surface area contributed by atoms with Crippen molar-refractivity contribution in [2.45, 2.75) is 83.3 Å². The Morgan fingerprint density at radius 2 is 1.91 bits per heavy atom. The van der Waals surface area contributed by atoms with E-state index in [1.54, 1.807) is 0 Å². The Hall–Kier alpha value is -0.803. The molecule has 0 heterocycles. The van der Waals surface area contributed by atoms with Gasteiger partial charge in [-0.2, -0.15) is 0 Å². The van der Waals surface area contributed by atoms with Gasteiger partial charge in [-0.05, 0) is 72.5 Å². The van der Waals surface area contributed by atoms with Gasteiger partial charge in [0, 0.05) is 6.61 Å². The number of hydrogen-bond acceptors (Lipinski definition) is 2. The third-order valence-corrected chi connectivity index (χ3v) is 10.4. The van der Waals surface area contributed by atoms with Crippen LogP contribution in [0.1, 0.15) is 64.5 Å². The van der Waals surface area contributed by atoms with Crippen LogP contribution in [0, 0.1) is 0 Å². The minimum absolute atomic E-state index is 0.107. The summed E-state index contributed by atoms with van der Waals surface area (Å²) in [5.41, 5.74) is 2.96. The second-order valence-corrected chi connectivity index (χ2v) is 13.6. The van der Waals surface area contributed by atoms with E-state index in [9.17, 15) is 5.11 Å². The molecule has 1 aromatic carbocycles. The quantitative estimate of drug-likeness (QED) is 0.587. The number of rotatable bonds is 4. The Bertz CT molecular complexity index is 545. The van der Waals surface area contributed by atoms with Crippen molar-refractivity contribution >= 4 is 8.32 Å². The molecule has 0 radical (unpaired) electrons. The summed E-state index contributed by atoms with van der Waals surface area (Å²) in [6.45, 7) is 14.0. The lowest BCUT2D eigenvalue weighted by Crippen LogP contribution is -2.43. The van der Waals surface area contributed by atoms with Crippen LogP contribution in [0.4, 0.5) is 0 Å². The van der Waals surface area contributed by atoms with Crippen molar-refractivity contribution in [2.24, 2.45) is 0 Å². The third-order valence-electron chi connectivity index (χ3n) is 5.99. The first-order valence-corrected chi connectivity index (χ1v) is 11.9. The molecule has 1 N–H and O–H groups in total. The normalized spacial score (nSPS) is 22.4. The first-order valence-electron chi connectivity index (χ1n) is 9.02. The van der Waals surface area contributed by atoms with Gasteiger partial charge in [0.1, 0.15) is 5.75 Å².